The second-order valence-corrected chi connectivity index (χ2v) is 4.61. The number of anilines is 1. The SMILES string of the molecule is Nc1ccc(C(=O)c2cc(Br)ccc2F)cc1F. The van der Waals surface area contributed by atoms with Crippen molar-refractivity contribution in [2.24, 2.45) is 0 Å². The zero-order valence-electron chi connectivity index (χ0n) is 9.08. The molecule has 0 aromatic heterocycles. The Morgan fingerprint density at radius 1 is 1.06 bits per heavy atom. The molecule has 0 saturated carbocycles. The second-order valence-electron chi connectivity index (χ2n) is 3.69. The summed E-state index contributed by atoms with van der Waals surface area (Å²) < 4.78 is 27.4. The van der Waals surface area contributed by atoms with Gasteiger partial charge >= 0.3 is 0 Å². The van der Waals surface area contributed by atoms with Gasteiger partial charge in [0.05, 0.1) is 11.3 Å². The van der Waals surface area contributed by atoms with Crippen molar-refractivity contribution in [1.29, 1.82) is 0 Å². The standard InChI is InChI=1S/C13H8BrF2NO/c14-8-2-3-10(15)9(6-8)13(18)7-1-4-12(17)11(16)5-7/h1-6H,17H2. The molecule has 0 fully saturated rings. The lowest BCUT2D eigenvalue weighted by atomic mass is 10.0. The number of hydrogen-bond acceptors (Lipinski definition) is 2. The number of carbonyl (C=O) groups excluding carboxylic acids is 1. The number of benzene rings is 2. The lowest BCUT2D eigenvalue weighted by molar-refractivity contribution is 0.103. The molecule has 2 aromatic carbocycles. The first kappa shape index (κ1) is 12.7. The molecule has 0 radical (unpaired) electrons. The first-order valence-electron chi connectivity index (χ1n) is 5.04. The minimum atomic E-state index is -0.698. The van der Waals surface area contributed by atoms with Gasteiger partial charge in [-0.15, -0.1) is 0 Å². The lowest BCUT2D eigenvalue weighted by Gasteiger charge is -2.04. The Morgan fingerprint density at radius 3 is 2.44 bits per heavy atom. The monoisotopic (exact) mass is 311 g/mol. The third-order valence-corrected chi connectivity index (χ3v) is 2.93. The molecule has 0 unspecified atom stereocenters. The summed E-state index contributed by atoms with van der Waals surface area (Å²) >= 11 is 3.15. The Bertz CT molecular complexity index is 628. The second kappa shape index (κ2) is 4.86. The van der Waals surface area contributed by atoms with Crippen molar-refractivity contribution in [2.75, 3.05) is 5.73 Å². The van der Waals surface area contributed by atoms with E-state index in [0.717, 1.165) is 6.07 Å². The number of carbonyl (C=O) groups is 1. The molecule has 0 spiro atoms. The summed E-state index contributed by atoms with van der Waals surface area (Å²) in [5.74, 6) is -1.94. The van der Waals surface area contributed by atoms with Crippen LogP contribution in [0.4, 0.5) is 14.5 Å². The fourth-order valence-electron chi connectivity index (χ4n) is 1.50. The molecular weight excluding hydrogens is 304 g/mol. The van der Waals surface area contributed by atoms with Crippen molar-refractivity contribution in [1.82, 2.24) is 0 Å². The van der Waals surface area contributed by atoms with Gasteiger partial charge in [0, 0.05) is 10.0 Å². The maximum absolute atomic E-state index is 13.5. The highest BCUT2D eigenvalue weighted by Gasteiger charge is 2.15. The smallest absolute Gasteiger partial charge is 0.196 e. The Hall–Kier alpha value is -1.75. The molecule has 0 atom stereocenters. The van der Waals surface area contributed by atoms with Gasteiger partial charge in [0.1, 0.15) is 11.6 Å². The maximum Gasteiger partial charge on any atom is 0.196 e. The van der Waals surface area contributed by atoms with Crippen molar-refractivity contribution < 1.29 is 13.6 Å². The summed E-state index contributed by atoms with van der Waals surface area (Å²) in [6.07, 6.45) is 0. The van der Waals surface area contributed by atoms with Crippen LogP contribution in [-0.4, -0.2) is 5.78 Å². The van der Waals surface area contributed by atoms with Crippen molar-refractivity contribution in [3.05, 3.63) is 63.6 Å². The van der Waals surface area contributed by atoms with Crippen LogP contribution in [0.5, 0.6) is 0 Å². The van der Waals surface area contributed by atoms with Crippen LogP contribution in [0.15, 0.2) is 40.9 Å². The van der Waals surface area contributed by atoms with E-state index in [-0.39, 0.29) is 16.8 Å². The van der Waals surface area contributed by atoms with E-state index in [4.69, 9.17) is 5.73 Å². The molecule has 0 aliphatic heterocycles. The van der Waals surface area contributed by atoms with Crippen LogP contribution in [0.1, 0.15) is 15.9 Å². The quantitative estimate of drug-likeness (QED) is 0.681. The molecule has 0 saturated heterocycles. The molecule has 92 valence electrons. The first-order chi connectivity index (χ1) is 8.49. The van der Waals surface area contributed by atoms with E-state index >= 15 is 0 Å². The molecule has 2 rings (SSSR count). The van der Waals surface area contributed by atoms with E-state index in [1.54, 1.807) is 0 Å². The molecule has 0 aliphatic rings. The normalized spacial score (nSPS) is 10.4. The average Bonchev–Trinajstić information content (AvgIpc) is 2.35. The molecule has 0 amide bonds. The molecular formula is C13H8BrF2NO. The van der Waals surface area contributed by atoms with E-state index in [9.17, 15) is 13.6 Å². The summed E-state index contributed by atoms with van der Waals surface area (Å²) in [5, 5.41) is 0. The van der Waals surface area contributed by atoms with Crippen LogP contribution in [-0.2, 0) is 0 Å². The minimum Gasteiger partial charge on any atom is -0.396 e. The van der Waals surface area contributed by atoms with Crippen molar-refractivity contribution in [3.63, 3.8) is 0 Å². The average molecular weight is 312 g/mol. The van der Waals surface area contributed by atoms with Gasteiger partial charge in [-0.1, -0.05) is 15.9 Å². The molecule has 2 aromatic rings. The highest BCUT2D eigenvalue weighted by Crippen LogP contribution is 2.20. The van der Waals surface area contributed by atoms with Crippen molar-refractivity contribution >= 4 is 27.4 Å². The zero-order valence-corrected chi connectivity index (χ0v) is 10.7. The summed E-state index contributed by atoms with van der Waals surface area (Å²) in [4.78, 5) is 12.0. The van der Waals surface area contributed by atoms with E-state index in [2.05, 4.69) is 15.9 Å². The number of ketones is 1. The molecule has 2 nitrogen and oxygen atoms in total. The van der Waals surface area contributed by atoms with E-state index in [1.807, 2.05) is 0 Å². The van der Waals surface area contributed by atoms with Gasteiger partial charge in [-0.3, -0.25) is 4.79 Å². The Kier molecular flexibility index (Phi) is 3.43. The van der Waals surface area contributed by atoms with Crippen LogP contribution in [0.25, 0.3) is 0 Å². The minimum absolute atomic E-state index is 0.0544. The topological polar surface area (TPSA) is 43.1 Å². The first-order valence-corrected chi connectivity index (χ1v) is 5.83. The van der Waals surface area contributed by atoms with Gasteiger partial charge < -0.3 is 5.73 Å². The lowest BCUT2D eigenvalue weighted by Crippen LogP contribution is -2.05. The molecule has 0 aliphatic carbocycles. The zero-order chi connectivity index (χ0) is 13.3. The summed E-state index contributed by atoms with van der Waals surface area (Å²) in [6, 6.07) is 7.64. The van der Waals surface area contributed by atoms with Crippen molar-refractivity contribution in [3.8, 4) is 0 Å². The third-order valence-electron chi connectivity index (χ3n) is 2.44. The maximum atomic E-state index is 13.5. The molecule has 0 heterocycles. The van der Waals surface area contributed by atoms with Crippen molar-refractivity contribution in [2.45, 2.75) is 0 Å². The van der Waals surface area contributed by atoms with Gasteiger partial charge in [-0.2, -0.15) is 0 Å². The van der Waals surface area contributed by atoms with E-state index in [1.165, 1.54) is 30.3 Å². The van der Waals surface area contributed by atoms with Gasteiger partial charge in [0.2, 0.25) is 0 Å². The molecule has 5 heteroatoms. The van der Waals surface area contributed by atoms with Crippen LogP contribution >= 0.6 is 15.9 Å². The van der Waals surface area contributed by atoms with Gasteiger partial charge in [0.25, 0.3) is 0 Å². The Labute approximate surface area is 111 Å². The number of nitrogen functional groups attached to an aromatic ring is 1. The Morgan fingerprint density at radius 2 is 1.78 bits per heavy atom. The largest absolute Gasteiger partial charge is 0.396 e. The number of halogens is 3. The fourth-order valence-corrected chi connectivity index (χ4v) is 1.86. The van der Waals surface area contributed by atoms with Gasteiger partial charge in [0.15, 0.2) is 5.78 Å². The van der Waals surface area contributed by atoms with E-state index in [0.29, 0.717) is 4.47 Å². The summed E-state index contributed by atoms with van der Waals surface area (Å²) in [6.45, 7) is 0. The summed E-state index contributed by atoms with van der Waals surface area (Å²) in [5.41, 5.74) is 5.20. The van der Waals surface area contributed by atoms with Crippen LogP contribution < -0.4 is 5.73 Å². The van der Waals surface area contributed by atoms with Crippen LogP contribution in [0.2, 0.25) is 0 Å². The van der Waals surface area contributed by atoms with Crippen LogP contribution in [0, 0.1) is 11.6 Å². The third kappa shape index (κ3) is 2.41. The predicted octanol–water partition coefficient (Wildman–Crippen LogP) is 3.54. The summed E-state index contributed by atoms with van der Waals surface area (Å²) in [7, 11) is 0. The highest BCUT2D eigenvalue weighted by molar-refractivity contribution is 9.10. The fraction of sp³-hybridized carbons (Fsp3) is 0. The predicted molar refractivity (Wildman–Crippen MR) is 68.3 cm³/mol. The number of nitrogens with two attached hydrogens (primary N) is 1. The number of rotatable bonds is 2. The van der Waals surface area contributed by atoms with Gasteiger partial charge in [-0.05, 0) is 36.4 Å². The van der Waals surface area contributed by atoms with Crippen LogP contribution in [0.3, 0.4) is 0 Å². The van der Waals surface area contributed by atoms with Gasteiger partial charge in [-0.25, -0.2) is 8.78 Å². The molecule has 18 heavy (non-hydrogen) atoms. The molecule has 0 bridgehead atoms. The van der Waals surface area contributed by atoms with E-state index < -0.39 is 17.4 Å². The molecule has 2 N–H and O–H groups in total. The Balaban J connectivity index is 2.47. The highest BCUT2D eigenvalue weighted by atomic mass is 79.9. The number of hydrogen-bond donors (Lipinski definition) is 1.